The second-order valence-corrected chi connectivity index (χ2v) is 1.70. The van der Waals surface area contributed by atoms with Gasteiger partial charge in [-0.2, -0.15) is 0 Å². The van der Waals surface area contributed by atoms with Crippen LogP contribution in [0, 0.1) is 0 Å². The number of carbonyl (C=O) groups excluding carboxylic acids is 1. The van der Waals surface area contributed by atoms with Crippen molar-refractivity contribution in [3.63, 3.8) is 0 Å². The molecule has 5 heteroatoms. The first-order valence-electron chi connectivity index (χ1n) is 3.19. The molecule has 5 nitrogen and oxygen atoms in total. The molecule has 0 aliphatic heterocycles. The number of nitrogens with zero attached hydrogens (tertiary/aromatic N) is 2. The Balaban J connectivity index is 3.50. The van der Waals surface area contributed by atoms with Crippen LogP contribution in [0.3, 0.4) is 0 Å². The molecule has 0 saturated heterocycles. The molecule has 0 radical (unpaired) electrons. The molecule has 2 N–H and O–H groups in total. The summed E-state index contributed by atoms with van der Waals surface area (Å²) in [4.78, 5) is 17.9. The van der Waals surface area contributed by atoms with Crippen LogP contribution in [0.2, 0.25) is 0 Å². The predicted molar refractivity (Wildman–Crippen MR) is 45.0 cm³/mol. The fourth-order valence-electron chi connectivity index (χ4n) is 0.345. The van der Waals surface area contributed by atoms with Gasteiger partial charge in [-0.25, -0.2) is 4.99 Å². The number of rotatable bonds is 4. The zero-order valence-electron chi connectivity index (χ0n) is 6.66. The van der Waals surface area contributed by atoms with Gasteiger partial charge in [0, 0.05) is 7.05 Å². The quantitative estimate of drug-likeness (QED) is 0.405. The minimum atomic E-state index is -0.235. The number of carbonyl (C=O) groups is 1. The Morgan fingerprint density at radius 2 is 2.27 bits per heavy atom. The van der Waals surface area contributed by atoms with Crippen molar-refractivity contribution >= 4 is 18.5 Å². The maximum absolute atomic E-state index is 10.5. The van der Waals surface area contributed by atoms with Crippen molar-refractivity contribution in [2.24, 2.45) is 9.98 Å². The molecule has 0 saturated carbocycles. The van der Waals surface area contributed by atoms with Crippen molar-refractivity contribution in [1.29, 1.82) is 0 Å². The van der Waals surface area contributed by atoms with E-state index in [9.17, 15) is 4.79 Å². The van der Waals surface area contributed by atoms with Crippen LogP contribution in [0.4, 0.5) is 0 Å². The molecule has 0 aromatic rings. The monoisotopic (exact) mass is 156 g/mol. The smallest absolute Gasteiger partial charge is 0.262 e. The number of hydrogen-bond donors (Lipinski definition) is 2. The van der Waals surface area contributed by atoms with E-state index in [1.54, 1.807) is 14.1 Å². The summed E-state index contributed by atoms with van der Waals surface area (Å²) < 4.78 is 0. The Morgan fingerprint density at radius 3 is 2.82 bits per heavy atom. The Morgan fingerprint density at radius 1 is 1.55 bits per heavy atom. The van der Waals surface area contributed by atoms with E-state index < -0.39 is 0 Å². The first kappa shape index (κ1) is 9.77. The van der Waals surface area contributed by atoms with E-state index >= 15 is 0 Å². The molecule has 0 bridgehead atoms. The Bertz CT molecular complexity index is 164. The van der Waals surface area contributed by atoms with Crippen LogP contribution in [-0.4, -0.2) is 39.2 Å². The van der Waals surface area contributed by atoms with Gasteiger partial charge in [-0.05, 0) is 7.05 Å². The molecular weight excluding hydrogens is 144 g/mol. The van der Waals surface area contributed by atoms with Crippen LogP contribution < -0.4 is 10.6 Å². The molecule has 0 atom stereocenters. The number of amides is 1. The fourth-order valence-corrected chi connectivity index (χ4v) is 0.345. The van der Waals surface area contributed by atoms with Crippen LogP contribution in [0.25, 0.3) is 0 Å². The average molecular weight is 156 g/mol. The van der Waals surface area contributed by atoms with Gasteiger partial charge < -0.3 is 10.6 Å². The summed E-state index contributed by atoms with van der Waals surface area (Å²) in [7, 11) is 3.32. The zero-order valence-corrected chi connectivity index (χ0v) is 6.66. The first-order valence-corrected chi connectivity index (χ1v) is 3.19. The third kappa shape index (κ3) is 6.66. The van der Waals surface area contributed by atoms with Gasteiger partial charge in [-0.1, -0.05) is 0 Å². The molecule has 0 heterocycles. The molecule has 11 heavy (non-hydrogen) atoms. The molecule has 0 fully saturated rings. The number of aliphatic imine (C=N–C) groups is 2. The van der Waals surface area contributed by atoms with Gasteiger partial charge in [-0.15, -0.1) is 0 Å². The van der Waals surface area contributed by atoms with Gasteiger partial charge in [0.1, 0.15) is 6.34 Å². The lowest BCUT2D eigenvalue weighted by atomic mass is 10.7. The minimum Gasteiger partial charge on any atom is -0.354 e. The highest BCUT2D eigenvalue weighted by atomic mass is 16.1. The molecule has 0 aliphatic rings. The highest BCUT2D eigenvalue weighted by Gasteiger charge is 1.84. The summed E-state index contributed by atoms with van der Waals surface area (Å²) in [6.45, 7) is 0.505. The second-order valence-electron chi connectivity index (χ2n) is 1.70. The van der Waals surface area contributed by atoms with E-state index in [0.717, 1.165) is 0 Å². The van der Waals surface area contributed by atoms with Crippen molar-refractivity contribution in [3.05, 3.63) is 0 Å². The molecule has 62 valence electrons. The van der Waals surface area contributed by atoms with Crippen LogP contribution in [0.15, 0.2) is 9.98 Å². The number of hydrogen-bond acceptors (Lipinski definition) is 3. The fraction of sp³-hybridized carbons (Fsp3) is 0.500. The van der Waals surface area contributed by atoms with Gasteiger partial charge in [-0.3, -0.25) is 9.79 Å². The van der Waals surface area contributed by atoms with Crippen LogP contribution in [0.1, 0.15) is 0 Å². The van der Waals surface area contributed by atoms with Crippen LogP contribution in [0.5, 0.6) is 0 Å². The minimum absolute atomic E-state index is 0.235. The zero-order chi connectivity index (χ0) is 8.53. The van der Waals surface area contributed by atoms with Gasteiger partial charge >= 0.3 is 0 Å². The average Bonchev–Trinajstić information content (AvgIpc) is 2.04. The third-order valence-corrected chi connectivity index (χ3v) is 0.836. The molecule has 0 aromatic heterocycles. The summed E-state index contributed by atoms with van der Waals surface area (Å²) >= 11 is 0. The lowest BCUT2D eigenvalue weighted by Crippen LogP contribution is -2.18. The van der Waals surface area contributed by atoms with E-state index in [1.165, 1.54) is 12.6 Å². The van der Waals surface area contributed by atoms with Crippen LogP contribution in [-0.2, 0) is 4.79 Å². The summed E-state index contributed by atoms with van der Waals surface area (Å²) in [6.07, 6.45) is 2.49. The van der Waals surface area contributed by atoms with Crippen molar-refractivity contribution in [2.45, 2.75) is 0 Å². The normalized spacial score (nSPS) is 11.1. The molecule has 0 rings (SSSR count). The standard InChI is InChI=1S/C6H12N4O/c1-7-4-10-5-9-3-6(11)8-2/h3,5,7H,4H2,1-2H3,(H,8,11)/b9-3+,10-5-. The van der Waals surface area contributed by atoms with E-state index in [1.807, 2.05) is 0 Å². The Labute approximate surface area is 65.6 Å². The Hall–Kier alpha value is -1.23. The molecular formula is C6H12N4O. The molecule has 0 aliphatic carbocycles. The summed E-state index contributed by atoms with van der Waals surface area (Å²) in [5, 5.41) is 5.19. The van der Waals surface area contributed by atoms with Crippen molar-refractivity contribution in [2.75, 3.05) is 20.8 Å². The van der Waals surface area contributed by atoms with Crippen LogP contribution >= 0.6 is 0 Å². The largest absolute Gasteiger partial charge is 0.354 e. The molecule has 0 unspecified atom stereocenters. The summed E-state index contributed by atoms with van der Waals surface area (Å²) in [5.74, 6) is -0.235. The topological polar surface area (TPSA) is 65.8 Å². The first-order chi connectivity index (χ1) is 5.31. The Kier molecular flexibility index (Phi) is 6.11. The maximum atomic E-state index is 10.5. The maximum Gasteiger partial charge on any atom is 0.262 e. The van der Waals surface area contributed by atoms with E-state index in [-0.39, 0.29) is 5.91 Å². The summed E-state index contributed by atoms with van der Waals surface area (Å²) in [5.41, 5.74) is 0. The van der Waals surface area contributed by atoms with E-state index in [2.05, 4.69) is 20.6 Å². The summed E-state index contributed by atoms with van der Waals surface area (Å²) in [6, 6.07) is 0. The van der Waals surface area contributed by atoms with Gasteiger partial charge in [0.15, 0.2) is 0 Å². The van der Waals surface area contributed by atoms with Crippen molar-refractivity contribution in [3.8, 4) is 0 Å². The van der Waals surface area contributed by atoms with Gasteiger partial charge in [0.05, 0.1) is 12.9 Å². The SMILES string of the molecule is CNC/N=C\N=C\C(=O)NC. The molecule has 0 aromatic carbocycles. The van der Waals surface area contributed by atoms with Crippen molar-refractivity contribution in [1.82, 2.24) is 10.6 Å². The van der Waals surface area contributed by atoms with Gasteiger partial charge in [0.2, 0.25) is 0 Å². The number of nitrogens with one attached hydrogen (secondary N) is 2. The molecule has 0 spiro atoms. The highest BCUT2D eigenvalue weighted by molar-refractivity contribution is 6.27. The third-order valence-electron chi connectivity index (χ3n) is 0.836. The molecule has 1 amide bonds. The van der Waals surface area contributed by atoms with Crippen molar-refractivity contribution < 1.29 is 4.79 Å². The second kappa shape index (κ2) is 6.88. The van der Waals surface area contributed by atoms with E-state index in [4.69, 9.17) is 0 Å². The highest BCUT2D eigenvalue weighted by Crippen LogP contribution is 1.62. The van der Waals surface area contributed by atoms with Gasteiger partial charge in [0.25, 0.3) is 5.91 Å². The predicted octanol–water partition coefficient (Wildman–Crippen LogP) is -0.992. The lowest BCUT2D eigenvalue weighted by molar-refractivity contribution is -0.113. The lowest BCUT2D eigenvalue weighted by Gasteiger charge is -1.86. The van der Waals surface area contributed by atoms with E-state index in [0.29, 0.717) is 6.67 Å².